The van der Waals surface area contributed by atoms with Gasteiger partial charge in [0, 0.05) is 30.3 Å². The fourth-order valence-corrected chi connectivity index (χ4v) is 2.48. The lowest BCUT2D eigenvalue weighted by atomic mass is 10.1. The molecule has 1 aliphatic heterocycles. The largest absolute Gasteiger partial charge is 0.508 e. The third-order valence-electron chi connectivity index (χ3n) is 3.61. The van der Waals surface area contributed by atoms with Gasteiger partial charge in [0.25, 0.3) is 5.91 Å². The predicted octanol–water partition coefficient (Wildman–Crippen LogP) is 1.52. The second-order valence-corrected chi connectivity index (χ2v) is 4.69. The third-order valence-corrected chi connectivity index (χ3v) is 3.61. The van der Waals surface area contributed by atoms with Gasteiger partial charge in [-0.2, -0.15) is 0 Å². The monoisotopic (exact) mass is 248 g/mol. The van der Waals surface area contributed by atoms with Crippen molar-refractivity contribution in [2.24, 2.45) is 0 Å². The number of nitrogens with one attached hydrogen (secondary N) is 1. The maximum Gasteiger partial charge on any atom is 0.254 e. The number of benzene rings is 1. The zero-order valence-electron chi connectivity index (χ0n) is 10.9. The molecule has 0 bridgehead atoms. The average Bonchev–Trinajstić information content (AvgIpc) is 2.87. The molecule has 1 heterocycles. The summed E-state index contributed by atoms with van der Waals surface area (Å²) in [5.41, 5.74) is 1.26. The van der Waals surface area contributed by atoms with Crippen LogP contribution in [0, 0.1) is 6.92 Å². The molecule has 98 valence electrons. The van der Waals surface area contributed by atoms with Gasteiger partial charge in [-0.05, 0) is 38.9 Å². The minimum Gasteiger partial charge on any atom is -0.508 e. The Balaban J connectivity index is 2.25. The Bertz CT molecular complexity index is 439. The molecule has 4 heteroatoms. The van der Waals surface area contributed by atoms with Gasteiger partial charge in [0.15, 0.2) is 0 Å². The summed E-state index contributed by atoms with van der Waals surface area (Å²) in [6.07, 6.45) is 0.997. The van der Waals surface area contributed by atoms with Crippen LogP contribution in [0.3, 0.4) is 0 Å². The van der Waals surface area contributed by atoms with Gasteiger partial charge in [-0.1, -0.05) is 6.07 Å². The number of amides is 1. The molecule has 2 N–H and O–H groups in total. The molecule has 4 nitrogen and oxygen atoms in total. The van der Waals surface area contributed by atoms with Crippen LogP contribution >= 0.6 is 0 Å². The van der Waals surface area contributed by atoms with Gasteiger partial charge in [0.05, 0.1) is 0 Å². The molecule has 2 rings (SSSR count). The fraction of sp³-hybridized carbons (Fsp3) is 0.500. The highest BCUT2D eigenvalue weighted by molar-refractivity contribution is 5.96. The molecule has 0 saturated carbocycles. The molecule has 1 atom stereocenters. The van der Waals surface area contributed by atoms with E-state index in [1.165, 1.54) is 0 Å². The topological polar surface area (TPSA) is 52.6 Å². The highest BCUT2D eigenvalue weighted by Crippen LogP contribution is 2.22. The molecule has 0 aliphatic carbocycles. The number of carbonyl (C=O) groups excluding carboxylic acids is 1. The molecule has 0 aromatic heterocycles. The highest BCUT2D eigenvalue weighted by atomic mass is 16.3. The van der Waals surface area contributed by atoms with Gasteiger partial charge in [-0.15, -0.1) is 0 Å². The lowest BCUT2D eigenvalue weighted by Gasteiger charge is -2.27. The number of carbonyl (C=O) groups is 1. The minimum absolute atomic E-state index is 0.0135. The summed E-state index contributed by atoms with van der Waals surface area (Å²) in [6.45, 7) is 6.29. The van der Waals surface area contributed by atoms with Gasteiger partial charge in [0.2, 0.25) is 0 Å². The van der Waals surface area contributed by atoms with Crippen molar-refractivity contribution < 1.29 is 9.90 Å². The number of aromatic hydroxyl groups is 1. The van der Waals surface area contributed by atoms with Crippen LogP contribution in [0.15, 0.2) is 18.2 Å². The number of phenols is 1. The number of hydrogen-bond donors (Lipinski definition) is 2. The molecule has 1 aliphatic rings. The van der Waals surface area contributed by atoms with Crippen molar-refractivity contribution in [3.8, 4) is 5.75 Å². The van der Waals surface area contributed by atoms with E-state index < -0.39 is 0 Å². The van der Waals surface area contributed by atoms with Crippen molar-refractivity contribution in [2.75, 3.05) is 19.6 Å². The number of phenolic OH excluding ortho intramolecular Hbond substituents is 1. The van der Waals surface area contributed by atoms with Gasteiger partial charge < -0.3 is 15.3 Å². The van der Waals surface area contributed by atoms with Crippen LogP contribution < -0.4 is 5.32 Å². The number of hydrogen-bond acceptors (Lipinski definition) is 3. The Labute approximate surface area is 108 Å². The van der Waals surface area contributed by atoms with Gasteiger partial charge in [-0.3, -0.25) is 4.79 Å². The molecule has 0 radical (unpaired) electrons. The Morgan fingerprint density at radius 1 is 1.56 bits per heavy atom. The molecule has 1 aromatic carbocycles. The molecular formula is C14H20N2O2. The Hall–Kier alpha value is -1.55. The van der Waals surface area contributed by atoms with E-state index in [1.54, 1.807) is 25.1 Å². The second kappa shape index (κ2) is 5.40. The Morgan fingerprint density at radius 2 is 2.33 bits per heavy atom. The number of rotatable bonds is 3. The molecular weight excluding hydrogens is 228 g/mol. The van der Waals surface area contributed by atoms with Crippen LogP contribution in [0.5, 0.6) is 5.75 Å². The number of nitrogens with zero attached hydrogens (tertiary/aromatic N) is 1. The smallest absolute Gasteiger partial charge is 0.254 e. The first-order chi connectivity index (χ1) is 8.65. The summed E-state index contributed by atoms with van der Waals surface area (Å²) >= 11 is 0. The first-order valence-corrected chi connectivity index (χ1v) is 6.45. The number of likely N-dealkylation sites (N-methyl/N-ethyl adjacent to an activating group) is 1. The van der Waals surface area contributed by atoms with Crippen LogP contribution in [-0.2, 0) is 0 Å². The zero-order chi connectivity index (χ0) is 13.1. The van der Waals surface area contributed by atoms with Crippen LogP contribution in [0.2, 0.25) is 0 Å². The Morgan fingerprint density at radius 3 is 2.94 bits per heavy atom. The van der Waals surface area contributed by atoms with E-state index in [0.29, 0.717) is 17.7 Å². The zero-order valence-corrected chi connectivity index (χ0v) is 10.9. The van der Waals surface area contributed by atoms with Crippen molar-refractivity contribution >= 4 is 5.91 Å². The second-order valence-electron chi connectivity index (χ2n) is 4.69. The summed E-state index contributed by atoms with van der Waals surface area (Å²) in [5, 5.41) is 13.0. The first kappa shape index (κ1) is 12.9. The Kier molecular flexibility index (Phi) is 3.87. The summed E-state index contributed by atoms with van der Waals surface area (Å²) in [6, 6.07) is 5.38. The normalized spacial score (nSPS) is 18.9. The first-order valence-electron chi connectivity index (χ1n) is 6.45. The van der Waals surface area contributed by atoms with Crippen molar-refractivity contribution in [1.29, 1.82) is 0 Å². The third kappa shape index (κ3) is 2.34. The predicted molar refractivity (Wildman–Crippen MR) is 70.8 cm³/mol. The van der Waals surface area contributed by atoms with E-state index in [-0.39, 0.29) is 17.7 Å². The van der Waals surface area contributed by atoms with E-state index in [2.05, 4.69) is 5.32 Å². The van der Waals surface area contributed by atoms with Crippen LogP contribution in [0.1, 0.15) is 29.3 Å². The van der Waals surface area contributed by atoms with Crippen molar-refractivity contribution in [3.63, 3.8) is 0 Å². The average molecular weight is 248 g/mol. The molecule has 18 heavy (non-hydrogen) atoms. The lowest BCUT2D eigenvalue weighted by Crippen LogP contribution is -2.41. The maximum atomic E-state index is 12.5. The summed E-state index contributed by atoms with van der Waals surface area (Å²) in [4.78, 5) is 14.4. The van der Waals surface area contributed by atoms with Crippen molar-refractivity contribution in [1.82, 2.24) is 10.2 Å². The van der Waals surface area contributed by atoms with E-state index in [0.717, 1.165) is 19.5 Å². The van der Waals surface area contributed by atoms with Crippen LogP contribution in [0.25, 0.3) is 0 Å². The summed E-state index contributed by atoms with van der Waals surface area (Å²) < 4.78 is 0. The fourth-order valence-electron chi connectivity index (χ4n) is 2.48. The minimum atomic E-state index is 0.0135. The quantitative estimate of drug-likeness (QED) is 0.853. The molecule has 1 fully saturated rings. The van der Waals surface area contributed by atoms with Crippen molar-refractivity contribution in [2.45, 2.75) is 26.3 Å². The van der Waals surface area contributed by atoms with E-state index >= 15 is 0 Å². The summed E-state index contributed by atoms with van der Waals surface area (Å²) in [7, 11) is 0. The van der Waals surface area contributed by atoms with Crippen LogP contribution in [0.4, 0.5) is 0 Å². The van der Waals surface area contributed by atoms with E-state index in [4.69, 9.17) is 0 Å². The lowest BCUT2D eigenvalue weighted by molar-refractivity contribution is 0.0702. The van der Waals surface area contributed by atoms with Gasteiger partial charge >= 0.3 is 0 Å². The molecule has 1 saturated heterocycles. The maximum absolute atomic E-state index is 12.5. The molecule has 1 amide bonds. The standard InChI is InChI=1S/C14H20N2O2/c1-3-16(11-7-8-15-9-11)14(18)12-5-4-6-13(17)10(12)2/h4-6,11,15,17H,3,7-9H2,1-2H3. The van der Waals surface area contributed by atoms with Crippen molar-refractivity contribution in [3.05, 3.63) is 29.3 Å². The molecule has 1 unspecified atom stereocenters. The van der Waals surface area contributed by atoms with Gasteiger partial charge in [-0.25, -0.2) is 0 Å². The van der Waals surface area contributed by atoms with Crippen LogP contribution in [-0.4, -0.2) is 41.6 Å². The van der Waals surface area contributed by atoms with E-state index in [9.17, 15) is 9.90 Å². The van der Waals surface area contributed by atoms with Gasteiger partial charge in [0.1, 0.15) is 5.75 Å². The molecule has 1 aromatic rings. The molecule has 0 spiro atoms. The SMILES string of the molecule is CCN(C(=O)c1cccc(O)c1C)C1CCNC1. The highest BCUT2D eigenvalue weighted by Gasteiger charge is 2.27. The van der Waals surface area contributed by atoms with E-state index in [1.807, 2.05) is 11.8 Å². The summed E-state index contributed by atoms with van der Waals surface area (Å²) in [5.74, 6) is 0.195.